The molecule has 2 aromatic carbocycles. The van der Waals surface area contributed by atoms with Crippen LogP contribution in [0.25, 0.3) is 0 Å². The van der Waals surface area contributed by atoms with E-state index in [-0.39, 0.29) is 17.9 Å². The van der Waals surface area contributed by atoms with Gasteiger partial charge in [-0.15, -0.1) is 0 Å². The molecule has 4 N–H and O–H groups in total. The first kappa shape index (κ1) is 19.5. The molecule has 6 heteroatoms. The number of benzene rings is 2. The standard InChI is InChI=1S/C23H27N3O3/c1-13(2)20-12-18(21(27)24-15-6-8-16(29-4)9-7-15)23(26-20)17-11-14(3)5-10-19(17)25-22(23)28/h5-11,13,18,20,26H,12H2,1-4H3,(H,24,27)(H,25,28)/p+1/t18-,20-,23+/m1/s1. The van der Waals surface area contributed by atoms with Gasteiger partial charge in [0.15, 0.2) is 0 Å². The molecular weight excluding hydrogens is 366 g/mol. The molecule has 29 heavy (non-hydrogen) atoms. The number of ether oxygens (including phenoxy) is 1. The van der Waals surface area contributed by atoms with Crippen LogP contribution >= 0.6 is 0 Å². The minimum Gasteiger partial charge on any atom is -0.497 e. The number of fused-ring (bicyclic) bond motifs is 2. The van der Waals surface area contributed by atoms with E-state index in [0.717, 1.165) is 22.6 Å². The number of amides is 2. The number of hydrogen-bond acceptors (Lipinski definition) is 3. The summed E-state index contributed by atoms with van der Waals surface area (Å²) < 4.78 is 5.18. The summed E-state index contributed by atoms with van der Waals surface area (Å²) in [7, 11) is 1.61. The van der Waals surface area contributed by atoms with Crippen LogP contribution in [0.1, 0.15) is 31.4 Å². The Labute approximate surface area is 171 Å². The number of anilines is 2. The highest BCUT2D eigenvalue weighted by molar-refractivity contribution is 6.09. The van der Waals surface area contributed by atoms with Crippen molar-refractivity contribution in [1.82, 2.24) is 0 Å². The normalized spacial score (nSPS) is 25.2. The number of rotatable bonds is 4. The quantitative estimate of drug-likeness (QED) is 0.745. The zero-order valence-corrected chi connectivity index (χ0v) is 17.3. The van der Waals surface area contributed by atoms with Crippen LogP contribution in [0.5, 0.6) is 5.75 Å². The molecule has 1 saturated heterocycles. The highest BCUT2D eigenvalue weighted by atomic mass is 16.5. The van der Waals surface area contributed by atoms with E-state index < -0.39 is 11.5 Å². The van der Waals surface area contributed by atoms with Gasteiger partial charge < -0.3 is 20.7 Å². The minimum atomic E-state index is -0.924. The largest absolute Gasteiger partial charge is 0.497 e. The van der Waals surface area contributed by atoms with E-state index in [2.05, 4.69) is 29.8 Å². The van der Waals surface area contributed by atoms with Crippen LogP contribution < -0.4 is 20.7 Å². The van der Waals surface area contributed by atoms with Crippen molar-refractivity contribution in [1.29, 1.82) is 0 Å². The Bertz CT molecular complexity index is 954. The topological polar surface area (TPSA) is 84.0 Å². The summed E-state index contributed by atoms with van der Waals surface area (Å²) in [5.41, 5.74) is 2.58. The fourth-order valence-corrected chi connectivity index (χ4v) is 4.63. The first-order valence-corrected chi connectivity index (χ1v) is 10.1. The first-order valence-electron chi connectivity index (χ1n) is 10.1. The number of nitrogens with one attached hydrogen (secondary N) is 2. The van der Waals surface area contributed by atoms with Gasteiger partial charge in [-0.1, -0.05) is 25.5 Å². The molecule has 0 radical (unpaired) electrons. The van der Waals surface area contributed by atoms with E-state index in [0.29, 0.717) is 18.0 Å². The van der Waals surface area contributed by atoms with Crippen LogP contribution in [-0.2, 0) is 15.1 Å². The van der Waals surface area contributed by atoms with Gasteiger partial charge in [0.25, 0.3) is 5.91 Å². The minimum absolute atomic E-state index is 0.101. The summed E-state index contributed by atoms with van der Waals surface area (Å²) >= 11 is 0. The summed E-state index contributed by atoms with van der Waals surface area (Å²) in [4.78, 5) is 26.6. The van der Waals surface area contributed by atoms with Crippen molar-refractivity contribution in [2.75, 3.05) is 17.7 Å². The van der Waals surface area contributed by atoms with Crippen molar-refractivity contribution in [2.45, 2.75) is 38.8 Å². The highest BCUT2D eigenvalue weighted by Gasteiger charge is 2.64. The number of quaternary nitrogens is 1. The van der Waals surface area contributed by atoms with Crippen molar-refractivity contribution >= 4 is 23.2 Å². The second-order valence-corrected chi connectivity index (χ2v) is 8.45. The molecule has 0 bridgehead atoms. The van der Waals surface area contributed by atoms with Gasteiger partial charge in [0.05, 0.1) is 18.8 Å². The Morgan fingerprint density at radius 1 is 1.24 bits per heavy atom. The van der Waals surface area contributed by atoms with Crippen molar-refractivity contribution in [3.05, 3.63) is 53.6 Å². The second-order valence-electron chi connectivity index (χ2n) is 8.45. The maximum atomic E-state index is 13.4. The number of carbonyl (C=O) groups excluding carboxylic acids is 2. The molecule has 4 rings (SSSR count). The van der Waals surface area contributed by atoms with Crippen molar-refractivity contribution in [3.8, 4) is 5.75 Å². The molecule has 2 heterocycles. The lowest BCUT2D eigenvalue weighted by Crippen LogP contribution is -2.99. The van der Waals surface area contributed by atoms with Crippen LogP contribution in [0.15, 0.2) is 42.5 Å². The Morgan fingerprint density at radius 2 is 1.97 bits per heavy atom. The Morgan fingerprint density at radius 3 is 2.62 bits per heavy atom. The van der Waals surface area contributed by atoms with Gasteiger partial charge in [-0.05, 0) is 43.3 Å². The van der Waals surface area contributed by atoms with Crippen LogP contribution in [0, 0.1) is 18.8 Å². The fourth-order valence-electron chi connectivity index (χ4n) is 4.63. The number of aryl methyl sites for hydroxylation is 1. The molecule has 1 spiro atoms. The molecule has 2 aliphatic heterocycles. The zero-order valence-electron chi connectivity index (χ0n) is 17.3. The maximum absolute atomic E-state index is 13.4. The van der Waals surface area contributed by atoms with Gasteiger partial charge in [0.2, 0.25) is 11.4 Å². The first-order chi connectivity index (χ1) is 13.8. The smallest absolute Gasteiger partial charge is 0.291 e. The maximum Gasteiger partial charge on any atom is 0.291 e. The second kappa shape index (κ2) is 7.19. The summed E-state index contributed by atoms with van der Waals surface area (Å²) in [5, 5.41) is 8.15. The average molecular weight is 394 g/mol. The predicted octanol–water partition coefficient (Wildman–Crippen LogP) is 2.40. The van der Waals surface area contributed by atoms with Crippen molar-refractivity contribution < 1.29 is 19.6 Å². The lowest BCUT2D eigenvalue weighted by molar-refractivity contribution is -0.736. The van der Waals surface area contributed by atoms with Gasteiger partial charge in [-0.3, -0.25) is 9.59 Å². The van der Waals surface area contributed by atoms with Crippen LogP contribution in [0.4, 0.5) is 11.4 Å². The Kier molecular flexibility index (Phi) is 4.82. The van der Waals surface area contributed by atoms with E-state index in [9.17, 15) is 9.59 Å². The van der Waals surface area contributed by atoms with Gasteiger partial charge in [-0.2, -0.15) is 0 Å². The summed E-state index contributed by atoms with van der Waals surface area (Å²) in [6, 6.07) is 13.4. The van der Waals surface area contributed by atoms with E-state index in [4.69, 9.17) is 4.74 Å². The lowest BCUT2D eigenvalue weighted by atomic mass is 9.79. The van der Waals surface area contributed by atoms with E-state index in [1.54, 1.807) is 7.11 Å². The molecule has 0 unspecified atom stereocenters. The predicted molar refractivity (Wildman–Crippen MR) is 112 cm³/mol. The molecule has 152 valence electrons. The van der Waals surface area contributed by atoms with E-state index in [1.807, 2.05) is 49.4 Å². The van der Waals surface area contributed by atoms with Gasteiger partial charge in [0.1, 0.15) is 11.7 Å². The molecule has 2 amide bonds. The van der Waals surface area contributed by atoms with Gasteiger partial charge in [0, 0.05) is 23.6 Å². The average Bonchev–Trinajstić information content (AvgIpc) is 3.23. The third kappa shape index (κ3) is 3.17. The SMILES string of the molecule is COc1ccc(NC(=O)[C@H]2C[C@H](C(C)C)[NH2+][C@]23C(=O)Nc2ccc(C)cc23)cc1. The highest BCUT2D eigenvalue weighted by Crippen LogP contribution is 2.44. The summed E-state index contributed by atoms with van der Waals surface area (Å²) in [6.07, 6.45) is 0.653. The summed E-state index contributed by atoms with van der Waals surface area (Å²) in [6.45, 7) is 6.29. The lowest BCUT2D eigenvalue weighted by Gasteiger charge is -2.26. The molecule has 0 saturated carbocycles. The third-order valence-electron chi connectivity index (χ3n) is 6.31. The molecule has 1 fully saturated rings. The zero-order chi connectivity index (χ0) is 20.8. The fraction of sp³-hybridized carbons (Fsp3) is 0.391. The van der Waals surface area contributed by atoms with Crippen LogP contribution in [0.3, 0.4) is 0 Å². The molecule has 2 aliphatic rings. The molecule has 2 aromatic rings. The Balaban J connectivity index is 1.71. The molecule has 0 aromatic heterocycles. The molecule has 0 aliphatic carbocycles. The number of nitrogens with two attached hydrogens (primary N) is 1. The van der Waals surface area contributed by atoms with Gasteiger partial charge >= 0.3 is 0 Å². The van der Waals surface area contributed by atoms with Crippen molar-refractivity contribution in [3.63, 3.8) is 0 Å². The van der Waals surface area contributed by atoms with E-state index in [1.165, 1.54) is 0 Å². The Hall–Kier alpha value is -2.86. The van der Waals surface area contributed by atoms with Crippen LogP contribution in [-0.4, -0.2) is 25.0 Å². The van der Waals surface area contributed by atoms with Crippen molar-refractivity contribution in [2.24, 2.45) is 11.8 Å². The van der Waals surface area contributed by atoms with Gasteiger partial charge in [-0.25, -0.2) is 0 Å². The van der Waals surface area contributed by atoms with Crippen LogP contribution in [0.2, 0.25) is 0 Å². The number of methoxy groups -OCH3 is 1. The molecular formula is C23H28N3O3+. The number of hydrogen-bond donors (Lipinski definition) is 3. The molecule has 3 atom stereocenters. The summed E-state index contributed by atoms with van der Waals surface area (Å²) in [5.74, 6) is 0.399. The third-order valence-corrected chi connectivity index (χ3v) is 6.31. The number of carbonyl (C=O) groups is 2. The monoisotopic (exact) mass is 394 g/mol. The molecule has 6 nitrogen and oxygen atoms in total. The van der Waals surface area contributed by atoms with E-state index >= 15 is 0 Å².